The fourth-order valence-electron chi connectivity index (χ4n) is 3.63. The Morgan fingerprint density at radius 3 is 2.83 bits per heavy atom. The SMILES string of the molecule is C[C@H]1Oc2cc(cnc2N)-c2c(C#N)nn(C)c2CN(C)C(=O)c2ccc(F)cc21. The van der Waals surface area contributed by atoms with Crippen LogP contribution in [0.25, 0.3) is 11.1 Å². The van der Waals surface area contributed by atoms with Crippen molar-refractivity contribution >= 4 is 11.7 Å². The second-order valence-corrected chi connectivity index (χ2v) is 7.17. The summed E-state index contributed by atoms with van der Waals surface area (Å²) in [6.07, 6.45) is 0.866. The molecule has 0 fully saturated rings. The molecule has 2 bridgehead atoms. The maximum absolute atomic E-state index is 14.0. The first-order valence-electron chi connectivity index (χ1n) is 9.23. The number of halogens is 1. The monoisotopic (exact) mass is 406 g/mol. The molecule has 0 aliphatic carbocycles. The zero-order valence-electron chi connectivity index (χ0n) is 16.7. The second-order valence-electron chi connectivity index (χ2n) is 7.17. The Hall–Kier alpha value is -3.93. The number of fused-ring (bicyclic) bond motifs is 5. The minimum Gasteiger partial charge on any atom is -0.482 e. The van der Waals surface area contributed by atoms with Crippen LogP contribution in [0.2, 0.25) is 0 Å². The number of nitrogens with zero attached hydrogens (tertiary/aromatic N) is 5. The van der Waals surface area contributed by atoms with Gasteiger partial charge < -0.3 is 15.4 Å². The molecule has 152 valence electrons. The number of nitrogens with two attached hydrogens (primary N) is 1. The average molecular weight is 406 g/mol. The quantitative estimate of drug-likeness (QED) is 0.615. The van der Waals surface area contributed by atoms with Crippen LogP contribution in [0.3, 0.4) is 0 Å². The van der Waals surface area contributed by atoms with Crippen molar-refractivity contribution in [3.05, 3.63) is 58.8 Å². The van der Waals surface area contributed by atoms with Crippen molar-refractivity contribution in [3.8, 4) is 22.9 Å². The highest BCUT2D eigenvalue weighted by atomic mass is 19.1. The van der Waals surface area contributed by atoms with E-state index < -0.39 is 11.9 Å². The third-order valence-electron chi connectivity index (χ3n) is 5.16. The highest BCUT2D eigenvalue weighted by molar-refractivity contribution is 5.95. The van der Waals surface area contributed by atoms with E-state index >= 15 is 0 Å². The molecule has 8 nitrogen and oxygen atoms in total. The number of carbonyl (C=O) groups excluding carboxylic acids is 1. The largest absolute Gasteiger partial charge is 0.482 e. The molecule has 0 unspecified atom stereocenters. The van der Waals surface area contributed by atoms with E-state index in [1.165, 1.54) is 29.3 Å². The van der Waals surface area contributed by atoms with Crippen molar-refractivity contribution in [3.63, 3.8) is 0 Å². The summed E-state index contributed by atoms with van der Waals surface area (Å²) in [4.78, 5) is 18.9. The van der Waals surface area contributed by atoms with Crippen LogP contribution in [0.5, 0.6) is 5.75 Å². The zero-order valence-corrected chi connectivity index (χ0v) is 16.7. The third kappa shape index (κ3) is 3.12. The van der Waals surface area contributed by atoms with Gasteiger partial charge >= 0.3 is 0 Å². The summed E-state index contributed by atoms with van der Waals surface area (Å²) in [5.74, 6) is -0.357. The molecule has 0 saturated heterocycles. The van der Waals surface area contributed by atoms with Crippen LogP contribution in [-0.4, -0.2) is 32.6 Å². The second kappa shape index (κ2) is 7.15. The molecule has 0 saturated carbocycles. The fourth-order valence-corrected chi connectivity index (χ4v) is 3.63. The van der Waals surface area contributed by atoms with Crippen LogP contribution in [0.4, 0.5) is 10.2 Å². The number of carbonyl (C=O) groups is 1. The van der Waals surface area contributed by atoms with Gasteiger partial charge in [0.05, 0.1) is 12.2 Å². The van der Waals surface area contributed by atoms with Gasteiger partial charge in [-0.2, -0.15) is 10.4 Å². The van der Waals surface area contributed by atoms with Crippen LogP contribution < -0.4 is 10.5 Å². The summed E-state index contributed by atoms with van der Waals surface area (Å²) in [6.45, 7) is 1.89. The fraction of sp³-hybridized carbons (Fsp3) is 0.238. The summed E-state index contributed by atoms with van der Waals surface area (Å²) in [6, 6.07) is 7.74. The van der Waals surface area contributed by atoms with Gasteiger partial charge in [0.15, 0.2) is 17.3 Å². The number of ether oxygens (including phenoxy) is 1. The predicted octanol–water partition coefficient (Wildman–Crippen LogP) is 2.80. The Morgan fingerprint density at radius 1 is 1.33 bits per heavy atom. The van der Waals surface area contributed by atoms with Crippen LogP contribution >= 0.6 is 0 Å². The Morgan fingerprint density at radius 2 is 2.10 bits per heavy atom. The Bertz CT molecular complexity index is 1210. The highest BCUT2D eigenvalue weighted by Crippen LogP contribution is 2.35. The van der Waals surface area contributed by atoms with E-state index in [0.29, 0.717) is 27.9 Å². The van der Waals surface area contributed by atoms with E-state index in [4.69, 9.17) is 10.5 Å². The molecule has 1 aliphatic rings. The molecule has 30 heavy (non-hydrogen) atoms. The number of rotatable bonds is 0. The van der Waals surface area contributed by atoms with Gasteiger partial charge in [-0.05, 0) is 31.2 Å². The predicted molar refractivity (Wildman–Crippen MR) is 107 cm³/mol. The van der Waals surface area contributed by atoms with Crippen molar-refractivity contribution in [2.45, 2.75) is 19.6 Å². The topological polar surface area (TPSA) is 110 Å². The molecule has 1 aliphatic heterocycles. The minimum atomic E-state index is -0.671. The lowest BCUT2D eigenvalue weighted by molar-refractivity contribution is 0.0777. The van der Waals surface area contributed by atoms with Gasteiger partial charge in [0, 0.05) is 42.5 Å². The Balaban J connectivity index is 1.99. The molecule has 2 aromatic heterocycles. The van der Waals surface area contributed by atoms with E-state index in [1.807, 2.05) is 0 Å². The van der Waals surface area contributed by atoms with Crippen molar-refractivity contribution in [1.29, 1.82) is 5.26 Å². The molecule has 4 rings (SSSR count). The van der Waals surface area contributed by atoms with Gasteiger partial charge in [0.2, 0.25) is 0 Å². The van der Waals surface area contributed by atoms with Crippen LogP contribution in [0.1, 0.15) is 40.3 Å². The summed E-state index contributed by atoms with van der Waals surface area (Å²) >= 11 is 0. The molecule has 3 heterocycles. The standard InChI is InChI=1S/C21H19FN6O2/c1-11-15-7-13(22)4-5-14(15)21(29)27(2)10-17-19(16(8-23)26-28(17)3)12-6-18(30-11)20(24)25-9-12/h4-7,9,11H,10H2,1-3H3,(H2,24,25)/t11-/m1/s1. The number of aryl methyl sites for hydroxylation is 1. The summed E-state index contributed by atoms with van der Waals surface area (Å²) in [5.41, 5.74) is 8.73. The summed E-state index contributed by atoms with van der Waals surface area (Å²) in [5, 5.41) is 13.9. The summed E-state index contributed by atoms with van der Waals surface area (Å²) < 4.78 is 21.5. The Labute approximate surface area is 172 Å². The Kier molecular flexibility index (Phi) is 4.62. The molecule has 1 aromatic carbocycles. The number of amides is 1. The van der Waals surface area contributed by atoms with Gasteiger partial charge in [-0.3, -0.25) is 9.48 Å². The van der Waals surface area contributed by atoms with Gasteiger partial charge in [0.1, 0.15) is 18.0 Å². The number of benzene rings is 1. The lowest BCUT2D eigenvalue weighted by Crippen LogP contribution is -2.29. The van der Waals surface area contributed by atoms with E-state index in [1.54, 1.807) is 31.8 Å². The van der Waals surface area contributed by atoms with E-state index in [9.17, 15) is 14.4 Å². The zero-order chi connectivity index (χ0) is 21.6. The van der Waals surface area contributed by atoms with Crippen LogP contribution in [0, 0.1) is 17.1 Å². The van der Waals surface area contributed by atoms with Gasteiger partial charge in [-0.1, -0.05) is 0 Å². The first-order valence-corrected chi connectivity index (χ1v) is 9.23. The molecule has 1 atom stereocenters. The number of hydrogen-bond acceptors (Lipinski definition) is 6. The first kappa shape index (κ1) is 19.4. The van der Waals surface area contributed by atoms with Crippen LogP contribution in [-0.2, 0) is 13.6 Å². The van der Waals surface area contributed by atoms with E-state index in [2.05, 4.69) is 16.2 Å². The van der Waals surface area contributed by atoms with E-state index in [0.717, 1.165) is 0 Å². The number of nitrogen functional groups attached to an aromatic ring is 1. The number of pyridine rings is 1. The number of anilines is 1. The van der Waals surface area contributed by atoms with Gasteiger partial charge in [0.25, 0.3) is 5.91 Å². The molecular formula is C21H19FN6O2. The maximum atomic E-state index is 14.0. The first-order chi connectivity index (χ1) is 14.3. The highest BCUT2D eigenvalue weighted by Gasteiger charge is 2.27. The number of aromatic nitrogens is 3. The molecule has 2 N–H and O–H groups in total. The average Bonchev–Trinajstić information content (AvgIpc) is 3.03. The molecule has 9 heteroatoms. The van der Waals surface area contributed by atoms with Crippen molar-refractivity contribution in [1.82, 2.24) is 19.7 Å². The lowest BCUT2D eigenvalue weighted by Gasteiger charge is -2.24. The van der Waals surface area contributed by atoms with Gasteiger partial charge in [-0.15, -0.1) is 0 Å². The van der Waals surface area contributed by atoms with Gasteiger partial charge in [-0.25, -0.2) is 9.37 Å². The normalized spacial score (nSPS) is 15.9. The number of hydrogen-bond donors (Lipinski definition) is 1. The molecule has 3 aromatic rings. The minimum absolute atomic E-state index is 0.146. The summed E-state index contributed by atoms with van der Waals surface area (Å²) in [7, 11) is 3.35. The molecule has 0 radical (unpaired) electrons. The van der Waals surface area contributed by atoms with Crippen molar-refractivity contribution < 1.29 is 13.9 Å². The van der Waals surface area contributed by atoms with Crippen molar-refractivity contribution in [2.75, 3.05) is 12.8 Å². The number of nitriles is 1. The third-order valence-corrected chi connectivity index (χ3v) is 5.16. The maximum Gasteiger partial charge on any atom is 0.254 e. The molecular weight excluding hydrogens is 387 g/mol. The van der Waals surface area contributed by atoms with E-state index in [-0.39, 0.29) is 29.7 Å². The van der Waals surface area contributed by atoms with Crippen LogP contribution in [0.15, 0.2) is 30.5 Å². The van der Waals surface area contributed by atoms with Crippen molar-refractivity contribution in [2.24, 2.45) is 7.05 Å². The molecule has 1 amide bonds. The molecule has 0 spiro atoms. The lowest BCUT2D eigenvalue weighted by atomic mass is 10.00. The smallest absolute Gasteiger partial charge is 0.254 e.